The van der Waals surface area contributed by atoms with E-state index in [1.54, 1.807) is 31.2 Å². The second kappa shape index (κ2) is 11.9. The number of nitrogens with one attached hydrogen (secondary N) is 1. The molecule has 246 valence electrons. The third kappa shape index (κ3) is 6.89. The molecular weight excluding hydrogens is 601 g/mol. The van der Waals surface area contributed by atoms with Gasteiger partial charge in [-0.3, -0.25) is 9.32 Å². The lowest BCUT2D eigenvalue weighted by atomic mass is 9.70. The molecule has 0 spiro atoms. The van der Waals surface area contributed by atoms with Crippen molar-refractivity contribution < 1.29 is 38.1 Å². The van der Waals surface area contributed by atoms with Crippen LogP contribution < -0.4 is 15.3 Å². The summed E-state index contributed by atoms with van der Waals surface area (Å²) in [4.78, 5) is 16.9. The van der Waals surface area contributed by atoms with Gasteiger partial charge in [0, 0.05) is 0 Å². The molecule has 0 bridgehead atoms. The van der Waals surface area contributed by atoms with Crippen LogP contribution in [0.5, 0.6) is 5.75 Å². The van der Waals surface area contributed by atoms with Gasteiger partial charge in [0.25, 0.3) is 0 Å². The van der Waals surface area contributed by atoms with Crippen molar-refractivity contribution in [2.24, 2.45) is 5.41 Å². The standard InChI is InChI=1S/C31H44N5O8P/c1-18(28(39)42-21-14-30(5,6)15-21)35-45(40,44-20-10-8-19(9-11-20)29(2,3)4)41-16-23-25(37)26(38)31(7,43-23)24-13-12-22-27(32)33-17-34-36(22)24/h8-13,17-18,21,23,25-26,37-38H,14-16H2,1-7H3,(H,35,40)(H2,32,33,34)/t18-,23+,25+,26+,31-,45?/m0/s1. The molecular formula is C31H44N5O8P. The van der Waals surface area contributed by atoms with Crippen LogP contribution in [0.4, 0.5) is 5.82 Å². The number of benzene rings is 1. The molecule has 0 radical (unpaired) electrons. The molecule has 1 aliphatic carbocycles. The van der Waals surface area contributed by atoms with E-state index in [4.69, 9.17) is 24.3 Å². The minimum Gasteiger partial charge on any atom is -0.461 e. The van der Waals surface area contributed by atoms with Crippen LogP contribution in [-0.4, -0.2) is 67.8 Å². The number of hydrogen-bond acceptors (Lipinski definition) is 11. The van der Waals surface area contributed by atoms with Crippen LogP contribution in [0.15, 0.2) is 42.7 Å². The highest BCUT2D eigenvalue weighted by atomic mass is 31.2. The van der Waals surface area contributed by atoms with Gasteiger partial charge in [0.1, 0.15) is 53.7 Å². The largest absolute Gasteiger partial charge is 0.461 e. The van der Waals surface area contributed by atoms with Crippen LogP contribution in [0.25, 0.3) is 5.52 Å². The number of aliphatic hydroxyl groups excluding tert-OH is 2. The second-order valence-electron chi connectivity index (χ2n) is 14.0. The summed E-state index contributed by atoms with van der Waals surface area (Å²) in [6.07, 6.45) is -1.42. The number of fused-ring (bicyclic) bond motifs is 1. The Labute approximate surface area is 263 Å². The van der Waals surface area contributed by atoms with Crippen LogP contribution in [0.1, 0.15) is 72.6 Å². The van der Waals surface area contributed by atoms with Crippen molar-refractivity contribution in [3.05, 3.63) is 54.0 Å². The number of aromatic nitrogens is 3. The van der Waals surface area contributed by atoms with Gasteiger partial charge in [-0.25, -0.2) is 14.1 Å². The molecule has 2 aromatic heterocycles. The highest BCUT2D eigenvalue weighted by molar-refractivity contribution is 7.52. The molecule has 2 fully saturated rings. The summed E-state index contributed by atoms with van der Waals surface area (Å²) in [7, 11) is -4.28. The van der Waals surface area contributed by atoms with Gasteiger partial charge in [0.05, 0.1) is 12.3 Å². The van der Waals surface area contributed by atoms with Gasteiger partial charge in [-0.05, 0) is 67.3 Å². The zero-order valence-corrected chi connectivity index (χ0v) is 27.7. The lowest BCUT2D eigenvalue weighted by molar-refractivity contribution is -0.161. The van der Waals surface area contributed by atoms with Gasteiger partial charge < -0.3 is 29.9 Å². The molecule has 3 aromatic rings. The van der Waals surface area contributed by atoms with Crippen molar-refractivity contribution in [2.45, 2.75) is 103 Å². The van der Waals surface area contributed by atoms with Crippen molar-refractivity contribution in [3.63, 3.8) is 0 Å². The maximum atomic E-state index is 14.2. The number of carbonyl (C=O) groups excluding carboxylic acids is 1. The lowest BCUT2D eigenvalue weighted by Gasteiger charge is -2.42. The molecule has 1 saturated heterocycles. The summed E-state index contributed by atoms with van der Waals surface area (Å²) in [6.45, 7) is 13.1. The summed E-state index contributed by atoms with van der Waals surface area (Å²) in [5.74, 6) is -0.108. The smallest absolute Gasteiger partial charge is 0.459 e. The van der Waals surface area contributed by atoms with E-state index in [9.17, 15) is 19.6 Å². The number of nitrogens with two attached hydrogens (primary N) is 1. The molecule has 0 amide bonds. The number of hydrogen-bond donors (Lipinski definition) is 4. The van der Waals surface area contributed by atoms with E-state index >= 15 is 0 Å². The summed E-state index contributed by atoms with van der Waals surface area (Å²) >= 11 is 0. The SMILES string of the molecule is C[C@H](NP(=O)(OC[C@H]1O[C@@](C)(c2ccc3c(N)ncnn23)[C@H](O)[C@@H]1O)Oc1ccc(C(C)(C)C)cc1)C(=O)OC1CC(C)(C)C1. The molecule has 6 atom stereocenters. The number of rotatable bonds is 10. The summed E-state index contributed by atoms with van der Waals surface area (Å²) < 4.78 is 39.1. The van der Waals surface area contributed by atoms with Gasteiger partial charge in [0.15, 0.2) is 5.82 Å². The normalized spacial score (nSPS) is 27.1. The molecule has 14 heteroatoms. The van der Waals surface area contributed by atoms with Gasteiger partial charge in [-0.1, -0.05) is 46.8 Å². The predicted octanol–water partition coefficient (Wildman–Crippen LogP) is 3.86. The molecule has 3 heterocycles. The van der Waals surface area contributed by atoms with E-state index in [2.05, 4.69) is 49.8 Å². The number of nitrogens with zero attached hydrogens (tertiary/aromatic N) is 3. The predicted molar refractivity (Wildman–Crippen MR) is 166 cm³/mol. The number of aliphatic hydroxyl groups is 2. The first-order chi connectivity index (χ1) is 20.9. The van der Waals surface area contributed by atoms with Crippen LogP contribution >= 0.6 is 7.75 Å². The van der Waals surface area contributed by atoms with Gasteiger partial charge in [-0.2, -0.15) is 10.2 Å². The first kappa shape index (κ1) is 33.3. The van der Waals surface area contributed by atoms with E-state index in [0.717, 1.165) is 18.4 Å². The van der Waals surface area contributed by atoms with E-state index in [-0.39, 0.29) is 28.5 Å². The fourth-order valence-corrected chi connectivity index (χ4v) is 7.39. The van der Waals surface area contributed by atoms with Crippen LogP contribution in [0.3, 0.4) is 0 Å². The van der Waals surface area contributed by atoms with Crippen molar-refractivity contribution in [1.82, 2.24) is 19.7 Å². The Bertz CT molecular complexity index is 1580. The van der Waals surface area contributed by atoms with Crippen molar-refractivity contribution in [2.75, 3.05) is 12.3 Å². The third-order valence-corrected chi connectivity index (χ3v) is 10.2. The number of esters is 1. The molecule has 2 aliphatic rings. The van der Waals surface area contributed by atoms with E-state index in [1.807, 2.05) is 12.1 Å². The Morgan fingerprint density at radius 2 is 1.84 bits per heavy atom. The number of nitrogen functional groups attached to an aromatic ring is 1. The minimum atomic E-state index is -4.28. The molecule has 5 rings (SSSR count). The van der Waals surface area contributed by atoms with Crippen molar-refractivity contribution in [1.29, 1.82) is 0 Å². The van der Waals surface area contributed by atoms with Crippen molar-refractivity contribution >= 4 is 25.1 Å². The average Bonchev–Trinajstić information content (AvgIpc) is 3.47. The maximum Gasteiger partial charge on any atom is 0.459 e. The lowest BCUT2D eigenvalue weighted by Crippen LogP contribution is -2.43. The molecule has 1 aliphatic heterocycles. The zero-order chi connectivity index (χ0) is 32.9. The first-order valence-corrected chi connectivity index (χ1v) is 16.6. The molecule has 13 nitrogen and oxygen atoms in total. The fourth-order valence-electron chi connectivity index (χ4n) is 5.88. The van der Waals surface area contributed by atoms with E-state index < -0.39 is 50.3 Å². The number of carbonyl (C=O) groups is 1. The summed E-state index contributed by atoms with van der Waals surface area (Å²) in [6, 6.07) is 9.38. The first-order valence-electron chi connectivity index (χ1n) is 15.1. The Hall–Kier alpha value is -3.06. The zero-order valence-electron chi connectivity index (χ0n) is 26.8. The van der Waals surface area contributed by atoms with Crippen LogP contribution in [-0.2, 0) is 34.4 Å². The fraction of sp³-hybridized carbons (Fsp3) is 0.581. The Morgan fingerprint density at radius 1 is 1.18 bits per heavy atom. The number of anilines is 1. The van der Waals surface area contributed by atoms with Gasteiger partial charge >= 0.3 is 13.7 Å². The highest BCUT2D eigenvalue weighted by Gasteiger charge is 2.54. The molecule has 1 unspecified atom stereocenters. The molecule has 1 saturated carbocycles. The molecule has 45 heavy (non-hydrogen) atoms. The van der Waals surface area contributed by atoms with E-state index in [1.165, 1.54) is 17.8 Å². The van der Waals surface area contributed by atoms with E-state index in [0.29, 0.717) is 11.2 Å². The quantitative estimate of drug-likeness (QED) is 0.185. The second-order valence-corrected chi connectivity index (χ2v) is 15.7. The van der Waals surface area contributed by atoms with Gasteiger partial charge in [-0.15, -0.1) is 0 Å². The van der Waals surface area contributed by atoms with Gasteiger partial charge in [0.2, 0.25) is 0 Å². The van der Waals surface area contributed by atoms with Crippen LogP contribution in [0.2, 0.25) is 0 Å². The minimum absolute atomic E-state index is 0.107. The number of ether oxygens (including phenoxy) is 2. The Balaban J connectivity index is 1.34. The summed E-state index contributed by atoms with van der Waals surface area (Å²) in [5.41, 5.74) is 6.50. The summed E-state index contributed by atoms with van der Waals surface area (Å²) in [5, 5.41) is 29.0. The maximum absolute atomic E-state index is 14.2. The monoisotopic (exact) mass is 645 g/mol. The highest BCUT2D eigenvalue weighted by Crippen LogP contribution is 2.48. The Kier molecular flexibility index (Phi) is 8.84. The van der Waals surface area contributed by atoms with Crippen LogP contribution in [0, 0.1) is 5.41 Å². The average molecular weight is 646 g/mol. The topological polar surface area (TPSA) is 180 Å². The molecule has 1 aromatic carbocycles. The Morgan fingerprint density at radius 3 is 2.47 bits per heavy atom. The molecule has 5 N–H and O–H groups in total. The van der Waals surface area contributed by atoms with Crippen molar-refractivity contribution in [3.8, 4) is 5.75 Å². The third-order valence-electron chi connectivity index (χ3n) is 8.56.